The van der Waals surface area contributed by atoms with Crippen LogP contribution in [-0.2, 0) is 6.54 Å². The number of nitrogens with one attached hydrogen (secondary N) is 1. The monoisotopic (exact) mass is 290 g/mol. The van der Waals surface area contributed by atoms with Crippen LogP contribution >= 0.6 is 11.6 Å². The second-order valence-corrected chi connectivity index (χ2v) is 5.09. The zero-order valence-electron chi connectivity index (χ0n) is 11.8. The van der Waals surface area contributed by atoms with Crippen LogP contribution in [0.15, 0.2) is 36.5 Å². The van der Waals surface area contributed by atoms with E-state index in [1.165, 1.54) is 0 Å². The Bertz CT molecular complexity index is 559. The van der Waals surface area contributed by atoms with Crippen LogP contribution in [0.5, 0.6) is 0 Å². The Morgan fingerprint density at radius 2 is 2.15 bits per heavy atom. The molecule has 0 unspecified atom stereocenters. The summed E-state index contributed by atoms with van der Waals surface area (Å²) in [6.07, 6.45) is 2.82. The summed E-state index contributed by atoms with van der Waals surface area (Å²) in [5, 5.41) is 3.95. The predicted octanol–water partition coefficient (Wildman–Crippen LogP) is 3.59. The molecule has 0 radical (unpaired) electrons. The van der Waals surface area contributed by atoms with Gasteiger partial charge in [-0.15, -0.1) is 0 Å². The van der Waals surface area contributed by atoms with Crippen molar-refractivity contribution in [1.29, 1.82) is 0 Å². The summed E-state index contributed by atoms with van der Waals surface area (Å²) >= 11 is 6.00. The lowest BCUT2D eigenvalue weighted by molar-refractivity contribution is 0.884. The fraction of sp³-hybridized carbons (Fsp3) is 0.333. The first-order chi connectivity index (χ1) is 9.69. The van der Waals surface area contributed by atoms with Crippen LogP contribution in [0.4, 0.5) is 11.8 Å². The molecule has 1 aromatic heterocycles. The SMILES string of the molecule is CCCNc1nccc(N(C)Cc2cccc(Cl)c2)n1. The highest BCUT2D eigenvalue weighted by atomic mass is 35.5. The molecular weight excluding hydrogens is 272 g/mol. The van der Waals surface area contributed by atoms with Crippen molar-refractivity contribution in [2.24, 2.45) is 0 Å². The zero-order chi connectivity index (χ0) is 14.4. The van der Waals surface area contributed by atoms with Crippen LogP contribution in [0.3, 0.4) is 0 Å². The molecule has 20 heavy (non-hydrogen) atoms. The molecule has 1 heterocycles. The van der Waals surface area contributed by atoms with Gasteiger partial charge in [0.2, 0.25) is 5.95 Å². The van der Waals surface area contributed by atoms with E-state index in [1.54, 1.807) is 6.20 Å². The maximum atomic E-state index is 6.00. The fourth-order valence-corrected chi connectivity index (χ4v) is 2.09. The first-order valence-electron chi connectivity index (χ1n) is 6.71. The molecule has 5 heteroatoms. The molecule has 1 aromatic carbocycles. The van der Waals surface area contributed by atoms with Crippen molar-refractivity contribution in [2.75, 3.05) is 23.8 Å². The summed E-state index contributed by atoms with van der Waals surface area (Å²) in [5.41, 5.74) is 1.15. The van der Waals surface area contributed by atoms with Crippen LogP contribution in [-0.4, -0.2) is 23.6 Å². The van der Waals surface area contributed by atoms with Gasteiger partial charge < -0.3 is 10.2 Å². The number of rotatable bonds is 6. The number of halogens is 1. The number of benzene rings is 1. The highest BCUT2D eigenvalue weighted by Gasteiger charge is 2.05. The average molecular weight is 291 g/mol. The van der Waals surface area contributed by atoms with Crippen LogP contribution in [0, 0.1) is 0 Å². The predicted molar refractivity (Wildman–Crippen MR) is 84.4 cm³/mol. The van der Waals surface area contributed by atoms with Gasteiger partial charge in [-0.1, -0.05) is 30.7 Å². The normalized spacial score (nSPS) is 10.3. The van der Waals surface area contributed by atoms with E-state index in [-0.39, 0.29) is 0 Å². The Morgan fingerprint density at radius 1 is 1.30 bits per heavy atom. The molecule has 0 fully saturated rings. The Hall–Kier alpha value is -1.81. The van der Waals surface area contributed by atoms with Gasteiger partial charge in [-0.25, -0.2) is 4.98 Å². The molecule has 2 aromatic rings. The molecule has 2 rings (SSSR count). The highest BCUT2D eigenvalue weighted by molar-refractivity contribution is 6.30. The molecule has 0 atom stereocenters. The lowest BCUT2D eigenvalue weighted by Gasteiger charge is -2.18. The fourth-order valence-electron chi connectivity index (χ4n) is 1.87. The molecule has 0 bridgehead atoms. The van der Waals surface area contributed by atoms with Gasteiger partial charge in [0.1, 0.15) is 5.82 Å². The average Bonchev–Trinajstić information content (AvgIpc) is 2.45. The van der Waals surface area contributed by atoms with Crippen molar-refractivity contribution in [2.45, 2.75) is 19.9 Å². The third-order valence-corrected chi connectivity index (χ3v) is 3.11. The Balaban J connectivity index is 2.06. The summed E-state index contributed by atoms with van der Waals surface area (Å²) in [5.74, 6) is 1.56. The quantitative estimate of drug-likeness (QED) is 0.883. The number of hydrogen-bond acceptors (Lipinski definition) is 4. The van der Waals surface area contributed by atoms with Gasteiger partial charge in [-0.05, 0) is 30.2 Å². The van der Waals surface area contributed by atoms with Gasteiger partial charge in [-0.3, -0.25) is 0 Å². The van der Waals surface area contributed by atoms with E-state index < -0.39 is 0 Å². The molecular formula is C15H19ClN4. The van der Waals surface area contributed by atoms with Gasteiger partial charge in [0.15, 0.2) is 0 Å². The van der Waals surface area contributed by atoms with Crippen LogP contribution < -0.4 is 10.2 Å². The minimum absolute atomic E-state index is 0.669. The minimum Gasteiger partial charge on any atom is -0.355 e. The van der Waals surface area contributed by atoms with E-state index in [1.807, 2.05) is 31.3 Å². The standard InChI is InChI=1S/C15H19ClN4/c1-3-8-17-15-18-9-7-14(19-15)20(2)11-12-5-4-6-13(16)10-12/h4-7,9-10H,3,8,11H2,1-2H3,(H,17,18,19). The summed E-state index contributed by atoms with van der Waals surface area (Å²) in [6, 6.07) is 9.76. The van der Waals surface area contributed by atoms with Crippen molar-refractivity contribution < 1.29 is 0 Å². The van der Waals surface area contributed by atoms with E-state index in [0.717, 1.165) is 35.9 Å². The van der Waals surface area contributed by atoms with E-state index >= 15 is 0 Å². The highest BCUT2D eigenvalue weighted by Crippen LogP contribution is 2.16. The van der Waals surface area contributed by atoms with E-state index in [2.05, 4.69) is 33.2 Å². The number of hydrogen-bond donors (Lipinski definition) is 1. The van der Waals surface area contributed by atoms with Crippen LogP contribution in [0.1, 0.15) is 18.9 Å². The lowest BCUT2D eigenvalue weighted by atomic mass is 10.2. The van der Waals surface area contributed by atoms with Crippen molar-refractivity contribution in [3.8, 4) is 0 Å². The molecule has 0 aliphatic heterocycles. The number of aromatic nitrogens is 2. The molecule has 0 amide bonds. The third kappa shape index (κ3) is 4.10. The van der Waals surface area contributed by atoms with E-state index in [4.69, 9.17) is 11.6 Å². The number of anilines is 2. The first-order valence-corrected chi connectivity index (χ1v) is 7.09. The van der Waals surface area contributed by atoms with Crippen molar-refractivity contribution in [3.05, 3.63) is 47.1 Å². The molecule has 0 saturated carbocycles. The van der Waals surface area contributed by atoms with Crippen LogP contribution in [0.2, 0.25) is 5.02 Å². The van der Waals surface area contributed by atoms with E-state index in [9.17, 15) is 0 Å². The van der Waals surface area contributed by atoms with Gasteiger partial charge in [0, 0.05) is 31.4 Å². The van der Waals surface area contributed by atoms with E-state index in [0.29, 0.717) is 5.95 Å². The molecule has 0 spiro atoms. The van der Waals surface area contributed by atoms with Crippen molar-refractivity contribution >= 4 is 23.4 Å². The zero-order valence-corrected chi connectivity index (χ0v) is 12.6. The molecule has 0 aliphatic carbocycles. The van der Waals surface area contributed by atoms with Gasteiger partial charge in [-0.2, -0.15) is 4.98 Å². The maximum absolute atomic E-state index is 6.00. The van der Waals surface area contributed by atoms with Crippen LogP contribution in [0.25, 0.3) is 0 Å². The minimum atomic E-state index is 0.669. The summed E-state index contributed by atoms with van der Waals surface area (Å²) in [6.45, 7) is 3.74. The Kier molecular flexibility index (Phi) is 5.18. The molecule has 1 N–H and O–H groups in total. The van der Waals surface area contributed by atoms with Gasteiger partial charge in [0.05, 0.1) is 0 Å². The van der Waals surface area contributed by atoms with Crippen molar-refractivity contribution in [1.82, 2.24) is 9.97 Å². The molecule has 0 aliphatic rings. The Labute approximate surface area is 124 Å². The third-order valence-electron chi connectivity index (χ3n) is 2.87. The molecule has 4 nitrogen and oxygen atoms in total. The first kappa shape index (κ1) is 14.6. The number of nitrogens with zero attached hydrogens (tertiary/aromatic N) is 3. The van der Waals surface area contributed by atoms with Crippen molar-refractivity contribution in [3.63, 3.8) is 0 Å². The molecule has 106 valence electrons. The Morgan fingerprint density at radius 3 is 2.90 bits per heavy atom. The molecule has 0 saturated heterocycles. The summed E-state index contributed by atoms with van der Waals surface area (Å²) in [4.78, 5) is 10.8. The summed E-state index contributed by atoms with van der Waals surface area (Å²) < 4.78 is 0. The maximum Gasteiger partial charge on any atom is 0.224 e. The largest absolute Gasteiger partial charge is 0.355 e. The topological polar surface area (TPSA) is 41.1 Å². The second kappa shape index (κ2) is 7.10. The lowest BCUT2D eigenvalue weighted by Crippen LogP contribution is -2.18. The second-order valence-electron chi connectivity index (χ2n) is 4.65. The van der Waals surface area contributed by atoms with Gasteiger partial charge in [0.25, 0.3) is 0 Å². The smallest absolute Gasteiger partial charge is 0.224 e. The summed E-state index contributed by atoms with van der Waals surface area (Å²) in [7, 11) is 2.01. The van der Waals surface area contributed by atoms with Gasteiger partial charge >= 0.3 is 0 Å².